The zero-order chi connectivity index (χ0) is 11.5. The van der Waals surface area contributed by atoms with Gasteiger partial charge in [-0.05, 0) is 47.7 Å². The van der Waals surface area contributed by atoms with Crippen LogP contribution in [0.4, 0.5) is 0 Å². The van der Waals surface area contributed by atoms with Gasteiger partial charge in [0.1, 0.15) is 0 Å². The van der Waals surface area contributed by atoms with Gasteiger partial charge in [-0.25, -0.2) is 0 Å². The molecule has 2 aromatic rings. The van der Waals surface area contributed by atoms with Gasteiger partial charge in [-0.1, -0.05) is 31.0 Å². The smallest absolute Gasteiger partial charge is 0.0346 e. The molecule has 2 heteroatoms. The summed E-state index contributed by atoms with van der Waals surface area (Å²) in [7, 11) is 0. The number of nitrogens with one attached hydrogen (secondary N) is 1. The summed E-state index contributed by atoms with van der Waals surface area (Å²) in [5.74, 6) is 1.07. The van der Waals surface area contributed by atoms with Crippen LogP contribution in [-0.4, -0.2) is 6.54 Å². The van der Waals surface area contributed by atoms with E-state index in [9.17, 15) is 0 Å². The summed E-state index contributed by atoms with van der Waals surface area (Å²) in [4.78, 5) is 0. The van der Waals surface area contributed by atoms with E-state index in [1.54, 1.807) is 0 Å². The van der Waals surface area contributed by atoms with E-state index >= 15 is 0 Å². The van der Waals surface area contributed by atoms with Gasteiger partial charge in [0.15, 0.2) is 0 Å². The first kappa shape index (κ1) is 11.2. The fourth-order valence-electron chi connectivity index (χ4n) is 2.32. The molecule has 0 amide bonds. The zero-order valence-electron chi connectivity index (χ0n) is 10.1. The first-order valence-corrected chi connectivity index (χ1v) is 7.47. The number of hydrogen-bond acceptors (Lipinski definition) is 2. The summed E-state index contributed by atoms with van der Waals surface area (Å²) >= 11 is 1.85. The minimum atomic E-state index is 1.02. The van der Waals surface area contributed by atoms with E-state index in [2.05, 4.69) is 35.0 Å². The van der Waals surface area contributed by atoms with Crippen molar-refractivity contribution >= 4 is 21.4 Å². The summed E-state index contributed by atoms with van der Waals surface area (Å²) in [5, 5.41) is 7.28. The first-order valence-electron chi connectivity index (χ1n) is 6.59. The molecule has 1 heterocycles. The van der Waals surface area contributed by atoms with Crippen molar-refractivity contribution in [2.45, 2.75) is 32.2 Å². The Morgan fingerprint density at radius 2 is 2.12 bits per heavy atom. The largest absolute Gasteiger partial charge is 0.313 e. The van der Waals surface area contributed by atoms with Gasteiger partial charge in [0.2, 0.25) is 0 Å². The monoisotopic (exact) mass is 245 g/mol. The number of benzene rings is 1. The van der Waals surface area contributed by atoms with Crippen molar-refractivity contribution in [2.75, 3.05) is 6.54 Å². The Kier molecular flexibility index (Phi) is 3.44. The Morgan fingerprint density at radius 1 is 1.24 bits per heavy atom. The Hall–Kier alpha value is -0.860. The van der Waals surface area contributed by atoms with Crippen molar-refractivity contribution in [1.82, 2.24) is 5.32 Å². The molecule has 0 unspecified atom stereocenters. The molecule has 1 aliphatic rings. The lowest BCUT2D eigenvalue weighted by atomic mass is 10.2. The van der Waals surface area contributed by atoms with E-state index < -0.39 is 0 Å². The van der Waals surface area contributed by atoms with Crippen molar-refractivity contribution in [3.8, 4) is 0 Å². The lowest BCUT2D eigenvalue weighted by Crippen LogP contribution is -2.14. The molecule has 1 fully saturated rings. The van der Waals surface area contributed by atoms with Crippen LogP contribution in [-0.2, 0) is 6.54 Å². The van der Waals surface area contributed by atoms with Crippen LogP contribution in [0.3, 0.4) is 0 Å². The van der Waals surface area contributed by atoms with E-state index in [0.717, 1.165) is 12.5 Å². The topological polar surface area (TPSA) is 12.0 Å². The number of hydrogen-bond donors (Lipinski definition) is 1. The molecular formula is C15H19NS. The molecule has 0 spiro atoms. The Morgan fingerprint density at radius 3 is 3.00 bits per heavy atom. The van der Waals surface area contributed by atoms with Gasteiger partial charge >= 0.3 is 0 Å². The van der Waals surface area contributed by atoms with Crippen molar-refractivity contribution in [3.05, 3.63) is 35.2 Å². The standard InChI is InChI=1S/C15H19NS/c1-2-6-15-14(5-1)13(11-17-15)10-16-9-3-4-12-7-8-12/h1-2,5-6,11-12,16H,3-4,7-10H2. The third kappa shape index (κ3) is 2.88. The molecule has 1 nitrogen and oxygen atoms in total. The molecule has 1 aromatic heterocycles. The molecular weight excluding hydrogens is 226 g/mol. The summed E-state index contributed by atoms with van der Waals surface area (Å²) in [6.45, 7) is 2.19. The summed E-state index contributed by atoms with van der Waals surface area (Å²) < 4.78 is 1.40. The van der Waals surface area contributed by atoms with E-state index in [4.69, 9.17) is 0 Å². The van der Waals surface area contributed by atoms with Gasteiger partial charge in [0, 0.05) is 11.2 Å². The van der Waals surface area contributed by atoms with Crippen LogP contribution < -0.4 is 5.32 Å². The molecule has 1 aliphatic carbocycles. The van der Waals surface area contributed by atoms with Crippen molar-refractivity contribution in [2.24, 2.45) is 5.92 Å². The second-order valence-corrected chi connectivity index (χ2v) is 5.93. The van der Waals surface area contributed by atoms with Crippen LogP contribution in [0.1, 0.15) is 31.2 Å². The Balaban J connectivity index is 1.50. The maximum Gasteiger partial charge on any atom is 0.0346 e. The average Bonchev–Trinajstić information content (AvgIpc) is 3.09. The third-order valence-corrected chi connectivity index (χ3v) is 4.55. The van der Waals surface area contributed by atoms with Crippen LogP contribution in [0.5, 0.6) is 0 Å². The van der Waals surface area contributed by atoms with E-state index in [1.165, 1.54) is 47.9 Å². The van der Waals surface area contributed by atoms with Gasteiger partial charge in [-0.15, -0.1) is 11.3 Å². The van der Waals surface area contributed by atoms with E-state index in [0.29, 0.717) is 0 Å². The van der Waals surface area contributed by atoms with Crippen LogP contribution in [0.25, 0.3) is 10.1 Å². The zero-order valence-corrected chi connectivity index (χ0v) is 10.9. The molecule has 0 aliphatic heterocycles. The predicted molar refractivity (Wildman–Crippen MR) is 75.5 cm³/mol. The van der Waals surface area contributed by atoms with Crippen molar-refractivity contribution < 1.29 is 0 Å². The highest BCUT2D eigenvalue weighted by Gasteiger charge is 2.19. The van der Waals surface area contributed by atoms with Crippen LogP contribution in [0, 0.1) is 5.92 Å². The number of fused-ring (bicyclic) bond motifs is 1. The highest BCUT2D eigenvalue weighted by Crippen LogP contribution is 2.33. The second kappa shape index (κ2) is 5.19. The molecule has 1 saturated carbocycles. The van der Waals surface area contributed by atoms with Crippen molar-refractivity contribution in [1.29, 1.82) is 0 Å². The minimum Gasteiger partial charge on any atom is -0.313 e. The van der Waals surface area contributed by atoms with Crippen LogP contribution >= 0.6 is 11.3 Å². The van der Waals surface area contributed by atoms with Gasteiger partial charge < -0.3 is 5.32 Å². The first-order chi connectivity index (χ1) is 8.43. The Bertz CT molecular complexity index is 484. The Labute approximate surface area is 107 Å². The maximum absolute atomic E-state index is 3.57. The quantitative estimate of drug-likeness (QED) is 0.753. The normalized spacial score (nSPS) is 15.5. The summed E-state index contributed by atoms with van der Waals surface area (Å²) in [6, 6.07) is 8.68. The third-order valence-electron chi connectivity index (χ3n) is 3.54. The van der Waals surface area contributed by atoms with Gasteiger partial charge in [0.25, 0.3) is 0 Å². The summed E-state index contributed by atoms with van der Waals surface area (Å²) in [6.07, 6.45) is 5.73. The second-order valence-electron chi connectivity index (χ2n) is 5.02. The highest BCUT2D eigenvalue weighted by atomic mass is 32.1. The van der Waals surface area contributed by atoms with Gasteiger partial charge in [0.05, 0.1) is 0 Å². The minimum absolute atomic E-state index is 1.02. The number of rotatable bonds is 6. The fraction of sp³-hybridized carbons (Fsp3) is 0.467. The lowest BCUT2D eigenvalue weighted by Gasteiger charge is -2.03. The van der Waals surface area contributed by atoms with Crippen LogP contribution in [0.2, 0.25) is 0 Å². The molecule has 3 rings (SSSR count). The van der Waals surface area contributed by atoms with Gasteiger partial charge in [-0.2, -0.15) is 0 Å². The molecule has 0 atom stereocenters. The fourth-order valence-corrected chi connectivity index (χ4v) is 3.28. The molecule has 0 saturated heterocycles. The maximum atomic E-state index is 3.57. The van der Waals surface area contributed by atoms with Crippen LogP contribution in [0.15, 0.2) is 29.6 Å². The molecule has 90 valence electrons. The number of thiophene rings is 1. The highest BCUT2D eigenvalue weighted by molar-refractivity contribution is 7.17. The van der Waals surface area contributed by atoms with Gasteiger partial charge in [-0.3, -0.25) is 0 Å². The predicted octanol–water partition coefficient (Wildman–Crippen LogP) is 4.18. The van der Waals surface area contributed by atoms with Crippen molar-refractivity contribution in [3.63, 3.8) is 0 Å². The molecule has 1 aromatic carbocycles. The molecule has 0 bridgehead atoms. The van der Waals surface area contributed by atoms with E-state index in [-0.39, 0.29) is 0 Å². The SMILES string of the molecule is c1ccc2c(CNCCCC3CC3)csc2c1. The molecule has 1 N–H and O–H groups in total. The van der Waals surface area contributed by atoms with E-state index in [1.807, 2.05) is 11.3 Å². The molecule has 17 heavy (non-hydrogen) atoms. The lowest BCUT2D eigenvalue weighted by molar-refractivity contribution is 0.595. The molecule has 0 radical (unpaired) electrons. The average molecular weight is 245 g/mol. The summed E-state index contributed by atoms with van der Waals surface area (Å²) in [5.41, 5.74) is 1.46.